The summed E-state index contributed by atoms with van der Waals surface area (Å²) in [5.74, 6) is -1.29. The topological polar surface area (TPSA) is 55.4 Å². The van der Waals surface area contributed by atoms with Crippen LogP contribution in [0, 0.1) is 0 Å². The maximum Gasteiger partial charge on any atom is 0.416 e. The van der Waals surface area contributed by atoms with Crippen LogP contribution in [0.1, 0.15) is 47.8 Å². The molecule has 4 nitrogen and oxygen atoms in total. The van der Waals surface area contributed by atoms with Gasteiger partial charge in [0.15, 0.2) is 0 Å². The van der Waals surface area contributed by atoms with E-state index in [4.69, 9.17) is 4.74 Å². The second kappa shape index (κ2) is 8.68. The predicted octanol–water partition coefficient (Wildman–Crippen LogP) is 4.52. The van der Waals surface area contributed by atoms with Crippen LogP contribution >= 0.6 is 0 Å². The summed E-state index contributed by atoms with van der Waals surface area (Å²) in [6.07, 6.45) is -4.29. The van der Waals surface area contributed by atoms with Gasteiger partial charge in [0.05, 0.1) is 12.7 Å². The van der Waals surface area contributed by atoms with Crippen molar-refractivity contribution in [1.29, 1.82) is 0 Å². The zero-order valence-corrected chi connectivity index (χ0v) is 16.8. The number of halogens is 3. The van der Waals surface area contributed by atoms with Crippen LogP contribution in [0.25, 0.3) is 0 Å². The molecule has 156 valence electrons. The second-order valence-electron chi connectivity index (χ2n) is 7.78. The van der Waals surface area contributed by atoms with E-state index in [2.05, 4.69) is 26.1 Å². The molecule has 0 aliphatic carbocycles. The standard InChI is InChI=1S/C22H24F3NO3/c1-21(2,3)16-9-5-14(6-10-16)13-18(20(28)29-4)26-19(27)15-7-11-17(12-8-15)22(23,24)25/h5-12,18H,13H2,1-4H3,(H,26,27)/t18-/m0/s1. The number of carbonyl (C=O) groups excluding carboxylic acids is 2. The predicted molar refractivity (Wildman–Crippen MR) is 104 cm³/mol. The van der Waals surface area contributed by atoms with Crippen LogP contribution in [-0.2, 0) is 27.5 Å². The number of esters is 1. The molecule has 0 radical (unpaired) electrons. The van der Waals surface area contributed by atoms with Crippen LogP contribution < -0.4 is 5.32 Å². The van der Waals surface area contributed by atoms with E-state index in [1.165, 1.54) is 7.11 Å². The largest absolute Gasteiger partial charge is 0.467 e. The van der Waals surface area contributed by atoms with Gasteiger partial charge >= 0.3 is 12.1 Å². The number of nitrogens with one attached hydrogen (secondary N) is 1. The van der Waals surface area contributed by atoms with Gasteiger partial charge in [-0.15, -0.1) is 0 Å². The minimum absolute atomic E-state index is 0.0168. The molecule has 0 spiro atoms. The van der Waals surface area contributed by atoms with Gasteiger partial charge in [-0.1, -0.05) is 45.0 Å². The first-order valence-corrected chi connectivity index (χ1v) is 9.07. The molecule has 0 unspecified atom stereocenters. The Hall–Kier alpha value is -2.83. The first kappa shape index (κ1) is 22.5. The van der Waals surface area contributed by atoms with Gasteiger partial charge in [-0.05, 0) is 40.8 Å². The summed E-state index contributed by atoms with van der Waals surface area (Å²) in [6, 6.07) is 10.5. The second-order valence-corrected chi connectivity index (χ2v) is 7.78. The Balaban J connectivity index is 2.14. The first-order chi connectivity index (χ1) is 13.4. The number of rotatable bonds is 5. The highest BCUT2D eigenvalue weighted by Gasteiger charge is 2.30. The summed E-state index contributed by atoms with van der Waals surface area (Å²) in [5, 5.41) is 2.54. The molecule has 0 fully saturated rings. The Morgan fingerprint density at radius 3 is 1.90 bits per heavy atom. The molecule has 0 aliphatic rings. The number of hydrogen-bond donors (Lipinski definition) is 1. The van der Waals surface area contributed by atoms with Crippen LogP contribution in [0.3, 0.4) is 0 Å². The Kier molecular flexibility index (Phi) is 6.72. The third kappa shape index (κ3) is 6.07. The molecule has 7 heteroatoms. The van der Waals surface area contributed by atoms with Gasteiger partial charge in [-0.3, -0.25) is 4.79 Å². The lowest BCUT2D eigenvalue weighted by atomic mass is 9.86. The molecule has 1 atom stereocenters. The van der Waals surface area contributed by atoms with Gasteiger partial charge in [-0.2, -0.15) is 13.2 Å². The van der Waals surface area contributed by atoms with Gasteiger partial charge in [0.1, 0.15) is 6.04 Å². The van der Waals surface area contributed by atoms with Crippen molar-refractivity contribution in [3.05, 3.63) is 70.8 Å². The third-order valence-electron chi connectivity index (χ3n) is 4.53. The average Bonchev–Trinajstić information content (AvgIpc) is 2.66. The fourth-order valence-corrected chi connectivity index (χ4v) is 2.76. The molecule has 1 amide bonds. The quantitative estimate of drug-likeness (QED) is 0.742. The molecule has 2 rings (SSSR count). The Morgan fingerprint density at radius 2 is 1.45 bits per heavy atom. The van der Waals surface area contributed by atoms with Gasteiger partial charge in [0.25, 0.3) is 5.91 Å². The zero-order chi connectivity index (χ0) is 21.8. The van der Waals surface area contributed by atoms with Crippen molar-refractivity contribution in [2.75, 3.05) is 7.11 Å². The lowest BCUT2D eigenvalue weighted by Crippen LogP contribution is -2.43. The molecule has 0 saturated heterocycles. The number of carbonyl (C=O) groups is 2. The molecular weight excluding hydrogens is 383 g/mol. The minimum atomic E-state index is -4.48. The number of alkyl halides is 3. The highest BCUT2D eigenvalue weighted by molar-refractivity contribution is 5.96. The Bertz CT molecular complexity index is 851. The van der Waals surface area contributed by atoms with Crippen molar-refractivity contribution < 1.29 is 27.5 Å². The molecule has 0 heterocycles. The molecule has 29 heavy (non-hydrogen) atoms. The SMILES string of the molecule is COC(=O)[C@H](Cc1ccc(C(C)(C)C)cc1)NC(=O)c1ccc(C(F)(F)F)cc1. The van der Waals surface area contributed by atoms with Gasteiger partial charge in [0.2, 0.25) is 0 Å². The Morgan fingerprint density at radius 1 is 0.931 bits per heavy atom. The molecule has 0 saturated carbocycles. The van der Waals surface area contributed by atoms with Crippen molar-refractivity contribution in [2.24, 2.45) is 0 Å². The Labute approximate surface area is 168 Å². The van der Waals surface area contributed by atoms with Gasteiger partial charge < -0.3 is 10.1 Å². The smallest absolute Gasteiger partial charge is 0.416 e. The fraction of sp³-hybridized carbons (Fsp3) is 0.364. The van der Waals surface area contributed by atoms with Crippen LogP contribution in [0.4, 0.5) is 13.2 Å². The monoisotopic (exact) mass is 407 g/mol. The van der Waals surface area contributed by atoms with Crippen molar-refractivity contribution in [3.63, 3.8) is 0 Å². The van der Waals surface area contributed by atoms with Crippen molar-refractivity contribution in [1.82, 2.24) is 5.32 Å². The number of methoxy groups -OCH3 is 1. The van der Waals surface area contributed by atoms with Gasteiger partial charge in [-0.25, -0.2) is 4.79 Å². The average molecular weight is 407 g/mol. The van der Waals surface area contributed by atoms with Crippen LogP contribution in [-0.4, -0.2) is 25.0 Å². The summed E-state index contributed by atoms with van der Waals surface area (Å²) >= 11 is 0. The molecule has 0 aromatic heterocycles. The summed E-state index contributed by atoms with van der Waals surface area (Å²) in [6.45, 7) is 6.26. The summed E-state index contributed by atoms with van der Waals surface area (Å²) < 4.78 is 42.8. The van der Waals surface area contributed by atoms with E-state index in [-0.39, 0.29) is 17.4 Å². The van der Waals surface area contributed by atoms with E-state index in [0.717, 1.165) is 35.4 Å². The third-order valence-corrected chi connectivity index (χ3v) is 4.53. The summed E-state index contributed by atoms with van der Waals surface area (Å²) in [7, 11) is 1.21. The van der Waals surface area contributed by atoms with E-state index in [9.17, 15) is 22.8 Å². The van der Waals surface area contributed by atoms with Crippen LogP contribution in [0.5, 0.6) is 0 Å². The van der Waals surface area contributed by atoms with E-state index in [1.807, 2.05) is 24.3 Å². The first-order valence-electron chi connectivity index (χ1n) is 9.07. The maximum atomic E-state index is 12.7. The summed E-state index contributed by atoms with van der Waals surface area (Å²) in [4.78, 5) is 24.5. The van der Waals surface area contributed by atoms with E-state index in [1.54, 1.807) is 0 Å². The molecule has 1 N–H and O–H groups in total. The number of ether oxygens (including phenoxy) is 1. The van der Waals surface area contributed by atoms with Crippen LogP contribution in [0.15, 0.2) is 48.5 Å². The zero-order valence-electron chi connectivity index (χ0n) is 16.8. The van der Waals surface area contributed by atoms with Gasteiger partial charge in [0, 0.05) is 12.0 Å². The molecule has 2 aromatic carbocycles. The lowest BCUT2D eigenvalue weighted by Gasteiger charge is -2.20. The molecule has 0 bridgehead atoms. The normalized spacial score (nSPS) is 12.9. The van der Waals surface area contributed by atoms with Crippen molar-refractivity contribution >= 4 is 11.9 Å². The van der Waals surface area contributed by atoms with E-state index in [0.29, 0.717) is 0 Å². The maximum absolute atomic E-state index is 12.7. The van der Waals surface area contributed by atoms with Crippen molar-refractivity contribution in [3.8, 4) is 0 Å². The van der Waals surface area contributed by atoms with Crippen molar-refractivity contribution in [2.45, 2.75) is 44.8 Å². The van der Waals surface area contributed by atoms with E-state index >= 15 is 0 Å². The molecular formula is C22H24F3NO3. The number of benzene rings is 2. The highest BCUT2D eigenvalue weighted by atomic mass is 19.4. The molecule has 0 aliphatic heterocycles. The minimum Gasteiger partial charge on any atom is -0.467 e. The number of hydrogen-bond acceptors (Lipinski definition) is 3. The number of amides is 1. The molecule has 2 aromatic rings. The highest BCUT2D eigenvalue weighted by Crippen LogP contribution is 2.29. The summed E-state index contributed by atoms with van der Waals surface area (Å²) in [5.41, 5.74) is 1.11. The van der Waals surface area contributed by atoms with Crippen LogP contribution in [0.2, 0.25) is 0 Å². The fourth-order valence-electron chi connectivity index (χ4n) is 2.76. The van der Waals surface area contributed by atoms with E-state index < -0.39 is 29.7 Å². The lowest BCUT2D eigenvalue weighted by molar-refractivity contribution is -0.142.